The maximum absolute atomic E-state index is 13.0. The molecule has 5 nitrogen and oxygen atoms in total. The Bertz CT molecular complexity index is 1120. The molecule has 1 aliphatic rings. The van der Waals surface area contributed by atoms with Crippen molar-refractivity contribution in [2.45, 2.75) is 13.0 Å². The molecular formula is C23H17ClN2O3. The van der Waals surface area contributed by atoms with Crippen molar-refractivity contribution < 1.29 is 14.7 Å². The third-order valence-electron chi connectivity index (χ3n) is 4.80. The number of hydrogen-bond acceptors (Lipinski definition) is 4. The third kappa shape index (κ3) is 3.41. The van der Waals surface area contributed by atoms with Gasteiger partial charge in [0, 0.05) is 16.3 Å². The van der Waals surface area contributed by atoms with Crippen molar-refractivity contribution in [1.29, 1.82) is 0 Å². The highest BCUT2D eigenvalue weighted by Gasteiger charge is 2.47. The first-order chi connectivity index (χ1) is 14.0. The topological polar surface area (TPSA) is 70.5 Å². The zero-order valence-corrected chi connectivity index (χ0v) is 16.3. The van der Waals surface area contributed by atoms with E-state index >= 15 is 0 Å². The molecule has 0 spiro atoms. The number of carbonyl (C=O) groups is 2. The Hall–Kier alpha value is -3.44. The molecule has 4 rings (SSSR count). The number of pyridine rings is 1. The van der Waals surface area contributed by atoms with Gasteiger partial charge in [0.2, 0.25) is 0 Å². The summed E-state index contributed by atoms with van der Waals surface area (Å²) >= 11 is 6.02. The van der Waals surface area contributed by atoms with E-state index in [1.165, 1.54) is 4.90 Å². The second kappa shape index (κ2) is 7.53. The molecular weight excluding hydrogens is 388 g/mol. The Balaban J connectivity index is 1.96. The smallest absolute Gasteiger partial charge is 0.301 e. The van der Waals surface area contributed by atoms with Gasteiger partial charge in [0.1, 0.15) is 11.6 Å². The quantitative estimate of drug-likeness (QED) is 0.391. The fraction of sp³-hybridized carbons (Fsp3) is 0.0870. The lowest BCUT2D eigenvalue weighted by Crippen LogP contribution is -2.30. The largest absolute Gasteiger partial charge is 0.507 e. The Morgan fingerprint density at radius 3 is 2.31 bits per heavy atom. The predicted octanol–water partition coefficient (Wildman–Crippen LogP) is 4.67. The number of aryl methyl sites for hydroxylation is 1. The average Bonchev–Trinajstić information content (AvgIpc) is 2.99. The van der Waals surface area contributed by atoms with E-state index in [9.17, 15) is 14.7 Å². The van der Waals surface area contributed by atoms with E-state index in [0.717, 1.165) is 0 Å². The van der Waals surface area contributed by atoms with E-state index in [2.05, 4.69) is 4.98 Å². The highest BCUT2D eigenvalue weighted by molar-refractivity contribution is 6.51. The number of anilines is 1. The highest BCUT2D eigenvalue weighted by atomic mass is 35.5. The van der Waals surface area contributed by atoms with Gasteiger partial charge in [0.15, 0.2) is 0 Å². The predicted molar refractivity (Wildman–Crippen MR) is 112 cm³/mol. The monoisotopic (exact) mass is 404 g/mol. The van der Waals surface area contributed by atoms with Crippen LogP contribution in [0.2, 0.25) is 5.02 Å². The number of ketones is 1. The van der Waals surface area contributed by atoms with Crippen molar-refractivity contribution in [3.63, 3.8) is 0 Å². The van der Waals surface area contributed by atoms with Gasteiger partial charge in [-0.3, -0.25) is 14.5 Å². The van der Waals surface area contributed by atoms with E-state index in [1.807, 2.05) is 6.07 Å². The summed E-state index contributed by atoms with van der Waals surface area (Å²) in [6, 6.07) is 20.0. The van der Waals surface area contributed by atoms with Crippen molar-refractivity contribution in [1.82, 2.24) is 4.98 Å². The molecule has 144 valence electrons. The van der Waals surface area contributed by atoms with E-state index in [0.29, 0.717) is 27.7 Å². The van der Waals surface area contributed by atoms with Gasteiger partial charge >= 0.3 is 5.91 Å². The van der Waals surface area contributed by atoms with Crippen LogP contribution in [0.25, 0.3) is 5.76 Å². The number of aliphatic hydroxyl groups excluding tert-OH is 1. The summed E-state index contributed by atoms with van der Waals surface area (Å²) in [5.41, 5.74) is 1.84. The zero-order valence-electron chi connectivity index (χ0n) is 15.5. The number of carbonyl (C=O) groups excluding carboxylic acids is 2. The fourth-order valence-corrected chi connectivity index (χ4v) is 3.57. The summed E-state index contributed by atoms with van der Waals surface area (Å²) in [6.45, 7) is 1.81. The lowest BCUT2D eigenvalue weighted by molar-refractivity contribution is -0.132. The number of aliphatic hydroxyl groups is 1. The molecule has 0 radical (unpaired) electrons. The van der Waals surface area contributed by atoms with Gasteiger partial charge in [-0.1, -0.05) is 60.1 Å². The number of rotatable bonds is 3. The van der Waals surface area contributed by atoms with Crippen LogP contribution in [0.3, 0.4) is 0 Å². The lowest BCUT2D eigenvalue weighted by Gasteiger charge is -2.24. The minimum absolute atomic E-state index is 0.0202. The summed E-state index contributed by atoms with van der Waals surface area (Å²) in [4.78, 5) is 31.7. The standard InChI is InChI=1S/C23H17ClN2O3/c1-14-6-5-9-18(25-14)26-20(15-10-12-17(24)13-11-15)19(22(28)23(26)29)21(27)16-7-3-2-4-8-16/h2-13,20,27H,1H3/b21-19+. The van der Waals surface area contributed by atoms with Gasteiger partial charge in [-0.05, 0) is 36.8 Å². The van der Waals surface area contributed by atoms with Crippen LogP contribution >= 0.6 is 11.6 Å². The molecule has 29 heavy (non-hydrogen) atoms. The second-order valence-corrected chi connectivity index (χ2v) is 7.16. The number of halogens is 1. The molecule has 1 aromatic heterocycles. The highest BCUT2D eigenvalue weighted by Crippen LogP contribution is 2.41. The molecule has 1 N–H and O–H groups in total. The van der Waals surface area contributed by atoms with E-state index in [4.69, 9.17) is 11.6 Å². The molecule has 2 aromatic carbocycles. The molecule has 6 heteroatoms. The second-order valence-electron chi connectivity index (χ2n) is 6.72. The van der Waals surface area contributed by atoms with Gasteiger partial charge < -0.3 is 5.11 Å². The van der Waals surface area contributed by atoms with Gasteiger partial charge in [-0.2, -0.15) is 0 Å². The summed E-state index contributed by atoms with van der Waals surface area (Å²) in [5.74, 6) is -1.37. The van der Waals surface area contributed by atoms with Crippen LogP contribution in [0, 0.1) is 6.92 Å². The lowest BCUT2D eigenvalue weighted by atomic mass is 9.95. The van der Waals surface area contributed by atoms with Crippen LogP contribution in [0.1, 0.15) is 22.9 Å². The van der Waals surface area contributed by atoms with E-state index < -0.39 is 17.7 Å². The molecule has 1 amide bonds. The summed E-state index contributed by atoms with van der Waals surface area (Å²) in [6.07, 6.45) is 0. The van der Waals surface area contributed by atoms with Crippen LogP contribution < -0.4 is 4.90 Å². The summed E-state index contributed by atoms with van der Waals surface area (Å²) < 4.78 is 0. The van der Waals surface area contributed by atoms with Gasteiger partial charge in [-0.15, -0.1) is 0 Å². The fourth-order valence-electron chi connectivity index (χ4n) is 3.44. The van der Waals surface area contributed by atoms with Crippen LogP contribution in [0.5, 0.6) is 0 Å². The van der Waals surface area contributed by atoms with Crippen molar-refractivity contribution in [3.8, 4) is 0 Å². The van der Waals surface area contributed by atoms with E-state index in [1.54, 1.807) is 73.7 Å². The minimum atomic E-state index is -0.818. The normalized spacial score (nSPS) is 18.3. The maximum Gasteiger partial charge on any atom is 0.301 e. The number of nitrogens with zero attached hydrogens (tertiary/aromatic N) is 2. The van der Waals surface area contributed by atoms with Crippen LogP contribution in [0.4, 0.5) is 5.82 Å². The minimum Gasteiger partial charge on any atom is -0.507 e. The van der Waals surface area contributed by atoms with Crippen molar-refractivity contribution in [2.24, 2.45) is 0 Å². The molecule has 1 fully saturated rings. The van der Waals surface area contributed by atoms with Crippen molar-refractivity contribution in [2.75, 3.05) is 4.90 Å². The van der Waals surface area contributed by atoms with E-state index in [-0.39, 0.29) is 11.3 Å². The molecule has 0 saturated carbocycles. The number of hydrogen-bond donors (Lipinski definition) is 1. The van der Waals surface area contributed by atoms with Crippen LogP contribution in [-0.4, -0.2) is 21.8 Å². The van der Waals surface area contributed by atoms with Crippen molar-refractivity contribution >= 4 is 34.9 Å². The van der Waals surface area contributed by atoms with Gasteiger partial charge in [0.25, 0.3) is 5.78 Å². The van der Waals surface area contributed by atoms with Gasteiger partial charge in [-0.25, -0.2) is 4.98 Å². The molecule has 0 aliphatic carbocycles. The first kappa shape index (κ1) is 18.9. The maximum atomic E-state index is 13.0. The van der Waals surface area contributed by atoms with Crippen LogP contribution in [0.15, 0.2) is 78.4 Å². The first-order valence-electron chi connectivity index (χ1n) is 9.03. The molecule has 1 aliphatic heterocycles. The Morgan fingerprint density at radius 2 is 1.66 bits per heavy atom. The molecule has 1 saturated heterocycles. The average molecular weight is 405 g/mol. The Labute approximate surface area is 172 Å². The number of benzene rings is 2. The molecule has 3 aromatic rings. The van der Waals surface area contributed by atoms with Gasteiger partial charge in [0.05, 0.1) is 11.6 Å². The molecule has 1 unspecified atom stereocenters. The van der Waals surface area contributed by atoms with Crippen molar-refractivity contribution in [3.05, 3.63) is 100 Å². The van der Waals surface area contributed by atoms with Crippen LogP contribution in [-0.2, 0) is 9.59 Å². The Morgan fingerprint density at radius 1 is 0.966 bits per heavy atom. The molecule has 2 heterocycles. The number of Topliss-reactive ketones (excluding diaryl/α,β-unsaturated/α-hetero) is 1. The SMILES string of the molecule is Cc1cccc(N2C(=O)C(=O)/C(=C(/O)c3ccccc3)C2c2ccc(Cl)cc2)n1. The number of aromatic nitrogens is 1. The Kier molecular flexibility index (Phi) is 4.91. The summed E-state index contributed by atoms with van der Waals surface area (Å²) in [5, 5.41) is 11.5. The third-order valence-corrected chi connectivity index (χ3v) is 5.05. The zero-order chi connectivity index (χ0) is 20.5. The number of amides is 1. The molecule has 1 atom stereocenters. The molecule has 0 bridgehead atoms. The summed E-state index contributed by atoms with van der Waals surface area (Å²) in [7, 11) is 0. The first-order valence-corrected chi connectivity index (χ1v) is 9.40.